The van der Waals surface area contributed by atoms with Crippen molar-refractivity contribution in [1.82, 2.24) is 5.32 Å². The van der Waals surface area contributed by atoms with Gasteiger partial charge in [-0.05, 0) is 55.2 Å². The fourth-order valence-corrected chi connectivity index (χ4v) is 4.71. The lowest BCUT2D eigenvalue weighted by Crippen LogP contribution is -2.33. The van der Waals surface area contributed by atoms with Gasteiger partial charge in [0.1, 0.15) is 11.4 Å². The van der Waals surface area contributed by atoms with Gasteiger partial charge < -0.3 is 10.1 Å². The minimum atomic E-state index is -3.40. The summed E-state index contributed by atoms with van der Waals surface area (Å²) in [5.41, 5.74) is 1.34. The largest absolute Gasteiger partial charge is 0.497 e. The molecule has 0 bridgehead atoms. The Morgan fingerprint density at radius 2 is 1.84 bits per heavy atom. The van der Waals surface area contributed by atoms with Crippen LogP contribution in [0.4, 0.5) is 21.5 Å². The van der Waals surface area contributed by atoms with E-state index in [2.05, 4.69) is 5.32 Å². The van der Waals surface area contributed by atoms with E-state index in [1.807, 2.05) is 19.2 Å². The predicted molar refractivity (Wildman–Crippen MR) is 100 cm³/mol. The van der Waals surface area contributed by atoms with Gasteiger partial charge in [-0.15, -0.1) is 0 Å². The Kier molecular flexibility index (Phi) is 5.05. The third kappa shape index (κ3) is 3.13. The Hall–Kier alpha value is -2.00. The molecule has 0 atom stereocenters. The maximum absolute atomic E-state index is 14.6. The van der Waals surface area contributed by atoms with Gasteiger partial charge in [-0.3, -0.25) is 13.4 Å². The van der Waals surface area contributed by atoms with Gasteiger partial charge in [0.25, 0.3) is 0 Å². The predicted octanol–water partition coefficient (Wildman–Crippen LogP) is 3.98. The zero-order valence-corrected chi connectivity index (χ0v) is 15.0. The van der Waals surface area contributed by atoms with E-state index >= 15 is 0 Å². The van der Waals surface area contributed by atoms with Crippen LogP contribution in [0.15, 0.2) is 42.5 Å². The van der Waals surface area contributed by atoms with Crippen LogP contribution in [0.25, 0.3) is 0 Å². The molecule has 0 fully saturated rings. The maximum Gasteiger partial charge on any atom is 0.152 e. The third-order valence-electron chi connectivity index (χ3n) is 4.07. The highest BCUT2D eigenvalue weighted by atomic mass is 32.3. The first kappa shape index (κ1) is 17.8. The zero-order chi connectivity index (χ0) is 18.0. The first-order valence-electron chi connectivity index (χ1n) is 7.94. The lowest BCUT2D eigenvalue weighted by atomic mass is 10.2. The number of para-hydroxylation sites is 2. The number of anilines is 3. The van der Waals surface area contributed by atoms with Gasteiger partial charge in [0, 0.05) is 12.6 Å². The number of fused-ring (bicyclic) bond motifs is 1. The van der Waals surface area contributed by atoms with E-state index in [1.165, 1.54) is 23.5 Å². The van der Waals surface area contributed by atoms with Crippen molar-refractivity contribution >= 4 is 28.0 Å². The van der Waals surface area contributed by atoms with E-state index in [1.54, 1.807) is 22.5 Å². The second-order valence-corrected chi connectivity index (χ2v) is 7.44. The van der Waals surface area contributed by atoms with Crippen molar-refractivity contribution in [3.63, 3.8) is 0 Å². The van der Waals surface area contributed by atoms with E-state index in [9.17, 15) is 13.5 Å². The third-order valence-corrected chi connectivity index (χ3v) is 5.93. The highest BCUT2D eigenvalue weighted by Crippen LogP contribution is 2.64. The molecule has 2 aromatic carbocycles. The SMILES string of the molecule is CNCCCN1c2ccccc2N(c2ccc(OC)cc2F)S1(O)O. The summed E-state index contributed by atoms with van der Waals surface area (Å²) in [6.45, 7) is 1.18. The first-order chi connectivity index (χ1) is 12.0. The summed E-state index contributed by atoms with van der Waals surface area (Å²) in [6.07, 6.45) is 0.722. The number of benzene rings is 2. The van der Waals surface area contributed by atoms with E-state index in [0.717, 1.165) is 13.0 Å². The average Bonchev–Trinajstić information content (AvgIpc) is 2.82. The number of nitrogens with zero attached hydrogens (tertiary/aromatic N) is 2. The molecule has 1 aliphatic rings. The number of halogens is 1. The standard InChI is InChI=1S/C17H22FN3O3S/c1-19-10-5-11-20-16-6-3-4-7-17(16)21(25(20,22)23)15-9-8-13(24-2)12-14(15)18/h3-4,6-9,12,19,22-23H,5,10-11H2,1-2H3. The number of hydrogen-bond donors (Lipinski definition) is 3. The van der Waals surface area contributed by atoms with Crippen molar-refractivity contribution in [3.8, 4) is 5.75 Å². The molecule has 1 aliphatic heterocycles. The van der Waals surface area contributed by atoms with Crippen LogP contribution in [0.1, 0.15) is 6.42 Å². The van der Waals surface area contributed by atoms with E-state index in [0.29, 0.717) is 23.7 Å². The number of nitrogens with one attached hydrogen (secondary N) is 1. The van der Waals surface area contributed by atoms with Crippen molar-refractivity contribution in [2.45, 2.75) is 6.42 Å². The van der Waals surface area contributed by atoms with Gasteiger partial charge >= 0.3 is 0 Å². The quantitative estimate of drug-likeness (QED) is 0.671. The summed E-state index contributed by atoms with van der Waals surface area (Å²) in [4.78, 5) is 0. The number of methoxy groups -OCH3 is 1. The molecule has 3 rings (SSSR count). The highest BCUT2D eigenvalue weighted by molar-refractivity contribution is 8.27. The normalized spacial score (nSPS) is 16.7. The Labute approximate surface area is 148 Å². The Balaban J connectivity index is 2.04. The summed E-state index contributed by atoms with van der Waals surface area (Å²) in [7, 11) is -0.107. The van der Waals surface area contributed by atoms with Crippen molar-refractivity contribution in [3.05, 3.63) is 48.3 Å². The summed E-state index contributed by atoms with van der Waals surface area (Å²) in [5, 5.41) is 3.04. The van der Waals surface area contributed by atoms with Crippen LogP contribution in [-0.2, 0) is 0 Å². The molecular weight excluding hydrogens is 345 g/mol. The Morgan fingerprint density at radius 1 is 1.12 bits per heavy atom. The molecule has 0 aliphatic carbocycles. The first-order valence-corrected chi connectivity index (χ1v) is 9.40. The fraction of sp³-hybridized carbons (Fsp3) is 0.294. The Morgan fingerprint density at radius 3 is 2.48 bits per heavy atom. The average molecular weight is 367 g/mol. The van der Waals surface area contributed by atoms with Crippen molar-refractivity contribution in [2.75, 3.05) is 35.9 Å². The molecule has 0 radical (unpaired) electrons. The second kappa shape index (κ2) is 7.09. The van der Waals surface area contributed by atoms with Gasteiger partial charge in [0.05, 0.1) is 18.5 Å². The lowest BCUT2D eigenvalue weighted by molar-refractivity contribution is 0.411. The zero-order valence-electron chi connectivity index (χ0n) is 14.1. The van der Waals surface area contributed by atoms with Crippen LogP contribution in [0.5, 0.6) is 5.75 Å². The number of hydrogen-bond acceptors (Lipinski definition) is 6. The van der Waals surface area contributed by atoms with E-state index < -0.39 is 16.8 Å². The molecule has 0 unspecified atom stereocenters. The van der Waals surface area contributed by atoms with Crippen LogP contribution < -0.4 is 18.7 Å². The topological polar surface area (TPSA) is 68.2 Å². The Bertz CT molecular complexity index is 760. The van der Waals surface area contributed by atoms with Crippen molar-refractivity contribution in [2.24, 2.45) is 0 Å². The molecule has 0 amide bonds. The van der Waals surface area contributed by atoms with Gasteiger partial charge in [0.2, 0.25) is 0 Å². The summed E-state index contributed by atoms with van der Waals surface area (Å²) in [5.74, 6) is -0.206. The van der Waals surface area contributed by atoms with Gasteiger partial charge in [-0.1, -0.05) is 12.1 Å². The maximum atomic E-state index is 14.6. The minimum absolute atomic E-state index is 0.101. The van der Waals surface area contributed by atoms with Crippen molar-refractivity contribution < 1.29 is 18.2 Å². The van der Waals surface area contributed by atoms with Gasteiger partial charge in [-0.2, -0.15) is 0 Å². The molecule has 0 saturated carbocycles. The number of rotatable bonds is 6. The molecule has 2 aromatic rings. The molecule has 6 nitrogen and oxygen atoms in total. The van der Waals surface area contributed by atoms with Crippen molar-refractivity contribution in [1.29, 1.82) is 0 Å². The molecule has 3 N–H and O–H groups in total. The summed E-state index contributed by atoms with van der Waals surface area (Å²) in [6, 6.07) is 11.5. The molecule has 1 heterocycles. The lowest BCUT2D eigenvalue weighted by Gasteiger charge is -2.43. The second-order valence-electron chi connectivity index (χ2n) is 5.65. The summed E-state index contributed by atoms with van der Waals surface area (Å²) >= 11 is 0. The van der Waals surface area contributed by atoms with Gasteiger partial charge in [-0.25, -0.2) is 8.70 Å². The van der Waals surface area contributed by atoms with E-state index in [4.69, 9.17) is 4.74 Å². The van der Waals surface area contributed by atoms with Crippen LogP contribution in [0.3, 0.4) is 0 Å². The monoisotopic (exact) mass is 367 g/mol. The van der Waals surface area contributed by atoms with Crippen LogP contribution >= 0.6 is 11.0 Å². The molecule has 0 saturated heterocycles. The molecule has 8 heteroatoms. The molecule has 0 aromatic heterocycles. The highest BCUT2D eigenvalue weighted by Gasteiger charge is 2.42. The molecule has 136 valence electrons. The minimum Gasteiger partial charge on any atom is -0.497 e. The molecule has 0 spiro atoms. The smallest absolute Gasteiger partial charge is 0.152 e. The van der Waals surface area contributed by atoms with E-state index in [-0.39, 0.29) is 5.69 Å². The summed E-state index contributed by atoms with van der Waals surface area (Å²) < 4.78 is 44.3. The fourth-order valence-electron chi connectivity index (χ4n) is 2.89. The van der Waals surface area contributed by atoms with Crippen LogP contribution in [-0.4, -0.2) is 36.4 Å². The number of ether oxygens (including phenoxy) is 1. The van der Waals surface area contributed by atoms with Gasteiger partial charge in [0.15, 0.2) is 5.82 Å². The van der Waals surface area contributed by atoms with Crippen LogP contribution in [0.2, 0.25) is 0 Å². The molecule has 25 heavy (non-hydrogen) atoms. The van der Waals surface area contributed by atoms with Crippen LogP contribution in [0, 0.1) is 5.82 Å². The molecular formula is C17H22FN3O3S.